The van der Waals surface area contributed by atoms with Crippen molar-refractivity contribution in [1.82, 2.24) is 0 Å². The minimum absolute atomic E-state index is 0. The molecule has 0 amide bonds. The maximum atomic E-state index is 13.0. The Hall–Kier alpha value is -1.20. The molecule has 0 unspecified atom stereocenters. The van der Waals surface area contributed by atoms with E-state index in [-0.39, 0.29) is 30.1 Å². The zero-order valence-electron chi connectivity index (χ0n) is 9.84. The molecule has 0 aromatic heterocycles. The molecule has 6 heteroatoms. The molecule has 0 radical (unpaired) electrons. The van der Waals surface area contributed by atoms with Gasteiger partial charge in [-0.15, -0.1) is 12.4 Å². The summed E-state index contributed by atoms with van der Waals surface area (Å²) in [7, 11) is 0. The minimum Gasteiger partial charge on any atom is -0.324 e. The summed E-state index contributed by atoms with van der Waals surface area (Å²) in [5, 5.41) is 10.9. The van der Waals surface area contributed by atoms with E-state index in [9.17, 15) is 14.5 Å². The van der Waals surface area contributed by atoms with Crippen LogP contribution >= 0.6 is 12.4 Å². The molecule has 1 aromatic rings. The van der Waals surface area contributed by atoms with E-state index in [0.29, 0.717) is 5.56 Å². The number of nitrogens with zero attached hydrogens (tertiary/aromatic N) is 1. The Morgan fingerprint density at radius 2 is 2.00 bits per heavy atom. The second kappa shape index (κ2) is 6.11. The summed E-state index contributed by atoms with van der Waals surface area (Å²) in [5.41, 5.74) is 6.31. The molecule has 18 heavy (non-hydrogen) atoms. The molecule has 100 valence electrons. The molecule has 0 heterocycles. The molecule has 1 aliphatic rings. The molecule has 2 N–H and O–H groups in total. The Kier molecular flexibility index (Phi) is 5.04. The summed E-state index contributed by atoms with van der Waals surface area (Å²) in [4.78, 5) is 10.3. The van der Waals surface area contributed by atoms with E-state index in [1.807, 2.05) is 0 Å². The second-order valence-corrected chi connectivity index (χ2v) is 4.53. The van der Waals surface area contributed by atoms with Gasteiger partial charge in [-0.1, -0.05) is 12.8 Å². The highest BCUT2D eigenvalue weighted by Crippen LogP contribution is 2.37. The van der Waals surface area contributed by atoms with Crippen molar-refractivity contribution in [2.24, 2.45) is 11.7 Å². The average molecular weight is 275 g/mol. The van der Waals surface area contributed by atoms with Gasteiger partial charge in [0.05, 0.1) is 11.0 Å². The van der Waals surface area contributed by atoms with Gasteiger partial charge in [-0.2, -0.15) is 0 Å². The molecule has 0 spiro atoms. The summed E-state index contributed by atoms with van der Waals surface area (Å²) in [6.45, 7) is 0. The van der Waals surface area contributed by atoms with Crippen LogP contribution in [0.2, 0.25) is 0 Å². The molecular formula is C12H16ClFN2O2. The molecule has 4 nitrogen and oxygen atoms in total. The highest BCUT2D eigenvalue weighted by atomic mass is 35.5. The Labute approximate surface area is 111 Å². The van der Waals surface area contributed by atoms with Crippen molar-refractivity contribution in [2.45, 2.75) is 31.7 Å². The molecule has 0 aliphatic heterocycles. The molecule has 1 fully saturated rings. The third-order valence-electron chi connectivity index (χ3n) is 3.46. The van der Waals surface area contributed by atoms with Gasteiger partial charge in [0.2, 0.25) is 0 Å². The van der Waals surface area contributed by atoms with Gasteiger partial charge >= 0.3 is 0 Å². The Morgan fingerprint density at radius 1 is 1.39 bits per heavy atom. The van der Waals surface area contributed by atoms with Crippen molar-refractivity contribution in [1.29, 1.82) is 0 Å². The highest BCUT2D eigenvalue weighted by Gasteiger charge is 2.28. The first-order valence-corrected chi connectivity index (χ1v) is 5.79. The van der Waals surface area contributed by atoms with Gasteiger partial charge in [-0.3, -0.25) is 10.1 Å². The number of nitro benzene ring substituents is 1. The van der Waals surface area contributed by atoms with Gasteiger partial charge in [-0.05, 0) is 30.9 Å². The number of halogens is 2. The first kappa shape index (κ1) is 14.9. The smallest absolute Gasteiger partial charge is 0.277 e. The van der Waals surface area contributed by atoms with Crippen LogP contribution in [0.25, 0.3) is 0 Å². The minimum atomic E-state index is -0.598. The summed E-state index contributed by atoms with van der Waals surface area (Å²) in [6, 6.07) is 3.26. The molecule has 1 atom stereocenters. The van der Waals surface area contributed by atoms with Crippen LogP contribution in [0.15, 0.2) is 18.2 Å². The standard InChI is InChI=1S/C12H15FN2O2.ClH/c13-9-5-6-10(11(7-9)15(16)17)12(14)8-3-1-2-4-8;/h5-8,12H,1-4,14H2;1H/t12-;/m0./s1. The van der Waals surface area contributed by atoms with Gasteiger partial charge in [0, 0.05) is 11.6 Å². The maximum Gasteiger partial charge on any atom is 0.277 e. The number of nitrogens with two attached hydrogens (primary N) is 1. The third kappa shape index (κ3) is 2.97. The normalized spacial score (nSPS) is 17.2. The van der Waals surface area contributed by atoms with Crippen LogP contribution in [0, 0.1) is 21.8 Å². The lowest BCUT2D eigenvalue weighted by Gasteiger charge is -2.18. The van der Waals surface area contributed by atoms with Crippen LogP contribution in [-0.4, -0.2) is 4.92 Å². The summed E-state index contributed by atoms with van der Waals surface area (Å²) >= 11 is 0. The molecule has 1 aliphatic carbocycles. The number of hydrogen-bond acceptors (Lipinski definition) is 3. The predicted molar refractivity (Wildman–Crippen MR) is 69.2 cm³/mol. The van der Waals surface area contributed by atoms with Crippen LogP contribution in [0.5, 0.6) is 0 Å². The number of benzene rings is 1. The van der Waals surface area contributed by atoms with Crippen molar-refractivity contribution >= 4 is 18.1 Å². The topological polar surface area (TPSA) is 69.2 Å². The van der Waals surface area contributed by atoms with Crippen LogP contribution < -0.4 is 5.73 Å². The van der Waals surface area contributed by atoms with E-state index in [1.54, 1.807) is 0 Å². The van der Waals surface area contributed by atoms with E-state index >= 15 is 0 Å². The molecule has 0 bridgehead atoms. The lowest BCUT2D eigenvalue weighted by molar-refractivity contribution is -0.386. The highest BCUT2D eigenvalue weighted by molar-refractivity contribution is 5.85. The zero-order chi connectivity index (χ0) is 12.4. The third-order valence-corrected chi connectivity index (χ3v) is 3.46. The van der Waals surface area contributed by atoms with Crippen LogP contribution in [0.4, 0.5) is 10.1 Å². The molecular weight excluding hydrogens is 259 g/mol. The Balaban J connectivity index is 0.00000162. The van der Waals surface area contributed by atoms with Crippen molar-refractivity contribution in [3.05, 3.63) is 39.7 Å². The maximum absolute atomic E-state index is 13.0. The molecule has 2 rings (SSSR count). The Morgan fingerprint density at radius 3 is 2.56 bits per heavy atom. The SMILES string of the molecule is Cl.N[C@H](c1ccc(F)cc1[N+](=O)[O-])C1CCCC1. The van der Waals surface area contributed by atoms with Crippen LogP contribution in [-0.2, 0) is 0 Å². The summed E-state index contributed by atoms with van der Waals surface area (Å²) in [5.74, 6) is -0.321. The zero-order valence-corrected chi connectivity index (χ0v) is 10.7. The fourth-order valence-corrected chi connectivity index (χ4v) is 2.53. The van der Waals surface area contributed by atoms with Gasteiger partial charge in [0.1, 0.15) is 5.82 Å². The predicted octanol–water partition coefficient (Wildman–Crippen LogP) is 3.35. The molecule has 1 saturated carbocycles. The van der Waals surface area contributed by atoms with E-state index in [0.717, 1.165) is 31.7 Å². The van der Waals surface area contributed by atoms with E-state index in [4.69, 9.17) is 5.73 Å². The first-order chi connectivity index (χ1) is 8.09. The second-order valence-electron chi connectivity index (χ2n) is 4.53. The first-order valence-electron chi connectivity index (χ1n) is 5.79. The molecule has 1 aromatic carbocycles. The summed E-state index contributed by atoms with van der Waals surface area (Å²) in [6.07, 6.45) is 4.23. The molecule has 0 saturated heterocycles. The van der Waals surface area contributed by atoms with Crippen molar-refractivity contribution < 1.29 is 9.31 Å². The van der Waals surface area contributed by atoms with Gasteiger partial charge in [0.25, 0.3) is 5.69 Å². The van der Waals surface area contributed by atoms with E-state index in [2.05, 4.69) is 0 Å². The lowest BCUT2D eigenvalue weighted by atomic mass is 9.91. The van der Waals surface area contributed by atoms with Gasteiger partial charge in [0.15, 0.2) is 0 Å². The van der Waals surface area contributed by atoms with Crippen molar-refractivity contribution in [2.75, 3.05) is 0 Å². The monoisotopic (exact) mass is 274 g/mol. The number of hydrogen-bond donors (Lipinski definition) is 1. The van der Waals surface area contributed by atoms with Crippen molar-refractivity contribution in [3.63, 3.8) is 0 Å². The summed E-state index contributed by atoms with van der Waals surface area (Å²) < 4.78 is 13.0. The van der Waals surface area contributed by atoms with Crippen LogP contribution in [0.1, 0.15) is 37.3 Å². The van der Waals surface area contributed by atoms with Crippen molar-refractivity contribution in [3.8, 4) is 0 Å². The Bertz CT molecular complexity index is 436. The van der Waals surface area contributed by atoms with Gasteiger partial charge < -0.3 is 5.73 Å². The largest absolute Gasteiger partial charge is 0.324 e. The lowest BCUT2D eigenvalue weighted by Crippen LogP contribution is -2.20. The average Bonchev–Trinajstić information content (AvgIpc) is 2.81. The number of nitro groups is 1. The van der Waals surface area contributed by atoms with E-state index in [1.165, 1.54) is 12.1 Å². The van der Waals surface area contributed by atoms with E-state index < -0.39 is 10.7 Å². The van der Waals surface area contributed by atoms with Crippen LogP contribution in [0.3, 0.4) is 0 Å². The fraction of sp³-hybridized carbons (Fsp3) is 0.500. The number of rotatable bonds is 3. The quantitative estimate of drug-likeness (QED) is 0.679. The fourth-order valence-electron chi connectivity index (χ4n) is 2.53. The van der Waals surface area contributed by atoms with Gasteiger partial charge in [-0.25, -0.2) is 4.39 Å².